The van der Waals surface area contributed by atoms with Crippen molar-refractivity contribution < 1.29 is 4.39 Å². The van der Waals surface area contributed by atoms with Gasteiger partial charge in [0.05, 0.1) is 0 Å². The maximum Gasteiger partial charge on any atom is 0.124 e. The standard InChI is InChI=1S/C12H8FI/c13-11-6-10(7-12(14)8-11)9-4-2-1-3-5-9/h1-8H. The van der Waals surface area contributed by atoms with Crippen molar-refractivity contribution in [2.24, 2.45) is 0 Å². The van der Waals surface area contributed by atoms with E-state index < -0.39 is 0 Å². The highest BCUT2D eigenvalue weighted by Crippen LogP contribution is 2.22. The number of hydrogen-bond donors (Lipinski definition) is 0. The summed E-state index contributed by atoms with van der Waals surface area (Å²) in [6, 6.07) is 14.9. The van der Waals surface area contributed by atoms with Crippen LogP contribution in [0.5, 0.6) is 0 Å². The van der Waals surface area contributed by atoms with Crippen molar-refractivity contribution in [3.63, 3.8) is 0 Å². The van der Waals surface area contributed by atoms with E-state index in [-0.39, 0.29) is 5.82 Å². The predicted molar refractivity (Wildman–Crippen MR) is 64.6 cm³/mol. The summed E-state index contributed by atoms with van der Waals surface area (Å²) >= 11 is 2.12. The molecule has 0 atom stereocenters. The van der Waals surface area contributed by atoms with Crippen molar-refractivity contribution in [1.29, 1.82) is 0 Å². The fourth-order valence-electron chi connectivity index (χ4n) is 1.35. The van der Waals surface area contributed by atoms with Gasteiger partial charge < -0.3 is 0 Å². The van der Waals surface area contributed by atoms with Gasteiger partial charge >= 0.3 is 0 Å². The summed E-state index contributed by atoms with van der Waals surface area (Å²) in [7, 11) is 0. The fourth-order valence-corrected chi connectivity index (χ4v) is 1.98. The summed E-state index contributed by atoms with van der Waals surface area (Å²) in [6.45, 7) is 0. The summed E-state index contributed by atoms with van der Waals surface area (Å²) in [5.74, 6) is -0.184. The zero-order chi connectivity index (χ0) is 9.97. The molecule has 0 heterocycles. The molecular weight excluding hydrogens is 290 g/mol. The van der Waals surface area contributed by atoms with Crippen molar-refractivity contribution in [2.45, 2.75) is 0 Å². The van der Waals surface area contributed by atoms with Crippen LogP contribution >= 0.6 is 22.6 Å². The molecule has 0 aliphatic heterocycles. The zero-order valence-electron chi connectivity index (χ0n) is 7.37. The first-order valence-electron chi connectivity index (χ1n) is 4.27. The molecule has 2 aromatic carbocycles. The monoisotopic (exact) mass is 298 g/mol. The summed E-state index contributed by atoms with van der Waals surface area (Å²) in [5, 5.41) is 0. The Bertz CT molecular complexity index is 417. The van der Waals surface area contributed by atoms with Crippen molar-refractivity contribution in [2.75, 3.05) is 0 Å². The van der Waals surface area contributed by atoms with Crippen LogP contribution in [-0.2, 0) is 0 Å². The van der Waals surface area contributed by atoms with Gasteiger partial charge in [-0.15, -0.1) is 0 Å². The fraction of sp³-hybridized carbons (Fsp3) is 0. The van der Waals surface area contributed by atoms with E-state index in [4.69, 9.17) is 0 Å². The summed E-state index contributed by atoms with van der Waals surface area (Å²) in [4.78, 5) is 0. The molecule has 2 aromatic rings. The van der Waals surface area contributed by atoms with Crippen molar-refractivity contribution in [3.8, 4) is 11.1 Å². The minimum absolute atomic E-state index is 0.184. The Kier molecular flexibility index (Phi) is 2.82. The van der Waals surface area contributed by atoms with Crippen LogP contribution in [0, 0.1) is 9.39 Å². The van der Waals surface area contributed by atoms with Crippen LogP contribution in [0.2, 0.25) is 0 Å². The van der Waals surface area contributed by atoms with Gasteiger partial charge in [0.25, 0.3) is 0 Å². The van der Waals surface area contributed by atoms with Crippen LogP contribution < -0.4 is 0 Å². The molecule has 2 rings (SSSR count). The number of hydrogen-bond acceptors (Lipinski definition) is 0. The highest BCUT2D eigenvalue weighted by molar-refractivity contribution is 14.1. The first-order valence-corrected chi connectivity index (χ1v) is 5.35. The van der Waals surface area contributed by atoms with Gasteiger partial charge in [0.2, 0.25) is 0 Å². The van der Waals surface area contributed by atoms with Gasteiger partial charge in [-0.1, -0.05) is 30.3 Å². The summed E-state index contributed by atoms with van der Waals surface area (Å²) in [6.07, 6.45) is 0. The first-order chi connectivity index (χ1) is 6.75. The molecule has 0 aromatic heterocycles. The zero-order valence-corrected chi connectivity index (χ0v) is 9.53. The van der Waals surface area contributed by atoms with Gasteiger partial charge in [-0.25, -0.2) is 4.39 Å². The lowest BCUT2D eigenvalue weighted by atomic mass is 10.1. The third-order valence-corrected chi connectivity index (χ3v) is 2.59. The Morgan fingerprint density at radius 3 is 2.21 bits per heavy atom. The molecule has 0 aliphatic carbocycles. The van der Waals surface area contributed by atoms with Gasteiger partial charge in [-0.2, -0.15) is 0 Å². The average molecular weight is 298 g/mol. The normalized spacial score (nSPS) is 10.1. The molecule has 0 radical (unpaired) electrons. The summed E-state index contributed by atoms with van der Waals surface area (Å²) < 4.78 is 14.0. The lowest BCUT2D eigenvalue weighted by Gasteiger charge is -2.02. The Hall–Kier alpha value is -0.900. The van der Waals surface area contributed by atoms with Crippen LogP contribution in [0.4, 0.5) is 4.39 Å². The van der Waals surface area contributed by atoms with Crippen molar-refractivity contribution in [1.82, 2.24) is 0 Å². The molecule has 14 heavy (non-hydrogen) atoms. The molecule has 0 fully saturated rings. The highest BCUT2D eigenvalue weighted by Gasteiger charge is 2.00. The van der Waals surface area contributed by atoms with E-state index in [1.54, 1.807) is 6.07 Å². The second-order valence-corrected chi connectivity index (χ2v) is 4.27. The molecule has 0 spiro atoms. The molecule has 0 amide bonds. The highest BCUT2D eigenvalue weighted by atomic mass is 127. The minimum atomic E-state index is -0.184. The van der Waals surface area contributed by atoms with E-state index in [1.807, 2.05) is 36.4 Å². The molecular formula is C12H8FI. The molecule has 0 saturated heterocycles. The summed E-state index contributed by atoms with van der Waals surface area (Å²) in [5.41, 5.74) is 1.97. The van der Waals surface area contributed by atoms with E-state index in [9.17, 15) is 4.39 Å². The average Bonchev–Trinajstić information content (AvgIpc) is 2.18. The van der Waals surface area contributed by atoms with Crippen LogP contribution in [0.1, 0.15) is 0 Å². The second-order valence-electron chi connectivity index (χ2n) is 3.02. The maximum absolute atomic E-state index is 13.1. The van der Waals surface area contributed by atoms with Crippen molar-refractivity contribution in [3.05, 3.63) is 57.9 Å². The Labute approximate surface area is 95.9 Å². The van der Waals surface area contributed by atoms with Crippen LogP contribution in [0.15, 0.2) is 48.5 Å². The van der Waals surface area contributed by atoms with Gasteiger partial charge in [0.1, 0.15) is 5.82 Å². The maximum atomic E-state index is 13.1. The predicted octanol–water partition coefficient (Wildman–Crippen LogP) is 4.10. The largest absolute Gasteiger partial charge is 0.207 e. The lowest BCUT2D eigenvalue weighted by Crippen LogP contribution is -1.82. The third-order valence-electron chi connectivity index (χ3n) is 1.97. The van der Waals surface area contributed by atoms with E-state index in [2.05, 4.69) is 22.6 Å². The van der Waals surface area contributed by atoms with Gasteiger partial charge in [0.15, 0.2) is 0 Å². The second kappa shape index (κ2) is 4.09. The van der Waals surface area contributed by atoms with Crippen LogP contribution in [-0.4, -0.2) is 0 Å². The van der Waals surface area contributed by atoms with E-state index >= 15 is 0 Å². The Morgan fingerprint density at radius 2 is 1.57 bits per heavy atom. The Morgan fingerprint density at radius 1 is 0.857 bits per heavy atom. The molecule has 70 valence electrons. The molecule has 0 bridgehead atoms. The quantitative estimate of drug-likeness (QED) is 0.695. The van der Waals surface area contributed by atoms with E-state index in [0.29, 0.717) is 0 Å². The minimum Gasteiger partial charge on any atom is -0.207 e. The van der Waals surface area contributed by atoms with Crippen LogP contribution in [0.25, 0.3) is 11.1 Å². The molecule has 2 heteroatoms. The van der Waals surface area contributed by atoms with Gasteiger partial charge in [-0.3, -0.25) is 0 Å². The topological polar surface area (TPSA) is 0 Å². The van der Waals surface area contributed by atoms with E-state index in [0.717, 1.165) is 14.7 Å². The van der Waals surface area contributed by atoms with Crippen molar-refractivity contribution >= 4 is 22.6 Å². The van der Waals surface area contributed by atoms with Crippen LogP contribution in [0.3, 0.4) is 0 Å². The Balaban J connectivity index is 2.52. The van der Waals surface area contributed by atoms with Gasteiger partial charge in [-0.05, 0) is 51.9 Å². The molecule has 0 N–H and O–H groups in total. The SMILES string of the molecule is Fc1cc(I)cc(-c2ccccc2)c1. The number of benzene rings is 2. The third kappa shape index (κ3) is 2.12. The molecule has 0 unspecified atom stereocenters. The number of rotatable bonds is 1. The molecule has 0 saturated carbocycles. The van der Waals surface area contributed by atoms with E-state index in [1.165, 1.54) is 6.07 Å². The molecule has 0 aliphatic rings. The first kappa shape index (κ1) is 9.65. The number of halogens is 2. The van der Waals surface area contributed by atoms with Gasteiger partial charge in [0, 0.05) is 3.57 Å². The smallest absolute Gasteiger partial charge is 0.124 e. The lowest BCUT2D eigenvalue weighted by molar-refractivity contribution is 0.627. The molecule has 0 nitrogen and oxygen atoms in total.